The first kappa shape index (κ1) is 11.9. The zero-order valence-corrected chi connectivity index (χ0v) is 8.21. The minimum atomic E-state index is -1.32. The Morgan fingerprint density at radius 3 is 2.31 bits per heavy atom. The molecular formula is C7H3ClN2O6. The van der Waals surface area contributed by atoms with E-state index in [4.69, 9.17) is 11.6 Å². The fraction of sp³-hybridized carbons (Fsp3) is 0. The van der Waals surface area contributed by atoms with Crippen LogP contribution in [-0.2, 0) is 0 Å². The van der Waals surface area contributed by atoms with Crippen molar-refractivity contribution >= 4 is 28.4 Å². The van der Waals surface area contributed by atoms with Crippen LogP contribution >= 0.6 is 11.6 Å². The van der Waals surface area contributed by atoms with Gasteiger partial charge in [-0.2, -0.15) is 0 Å². The molecule has 0 spiro atoms. The number of benzene rings is 1. The van der Waals surface area contributed by atoms with Gasteiger partial charge in [0.15, 0.2) is 0 Å². The van der Waals surface area contributed by atoms with Crippen molar-refractivity contribution in [1.82, 2.24) is 0 Å². The largest absolute Gasteiger partial charge is 0.409 e. The fourth-order valence-electron chi connectivity index (χ4n) is 1.01. The maximum absolute atomic E-state index is 10.6. The normalized spacial score (nSPS) is 9.56. The molecule has 1 rings (SSSR count). The minimum absolute atomic E-state index is 0.570. The maximum Gasteiger partial charge on any atom is 0.409 e. The van der Waals surface area contributed by atoms with Gasteiger partial charge in [0.1, 0.15) is 0 Å². The second-order valence-corrected chi connectivity index (χ2v) is 2.79. The molecule has 0 aliphatic rings. The van der Waals surface area contributed by atoms with Crippen molar-refractivity contribution in [2.75, 3.05) is 0 Å². The highest BCUT2D eigenvalue weighted by atomic mass is 35.5. The van der Waals surface area contributed by atoms with E-state index in [0.29, 0.717) is 0 Å². The van der Waals surface area contributed by atoms with Gasteiger partial charge in [-0.15, -0.1) is 0 Å². The Morgan fingerprint density at radius 2 is 1.88 bits per heavy atom. The first-order valence-corrected chi connectivity index (χ1v) is 4.10. The standard InChI is InChI=1S/C7H3ClN2O6/c8-7(11)16-5-3-1-2-4(9(12)13)6(5)10(14)15/h1-3H. The molecule has 1 aromatic rings. The van der Waals surface area contributed by atoms with Crippen molar-refractivity contribution in [3.05, 3.63) is 38.4 Å². The number of ether oxygens (including phenoxy) is 1. The summed E-state index contributed by atoms with van der Waals surface area (Å²) in [6, 6.07) is 3.09. The summed E-state index contributed by atoms with van der Waals surface area (Å²) in [6.45, 7) is 0. The maximum atomic E-state index is 10.6. The lowest BCUT2D eigenvalue weighted by Crippen LogP contribution is -2.03. The van der Waals surface area contributed by atoms with Crippen LogP contribution in [0.3, 0.4) is 0 Å². The number of hydrogen-bond donors (Lipinski definition) is 0. The van der Waals surface area contributed by atoms with E-state index in [0.717, 1.165) is 18.2 Å². The van der Waals surface area contributed by atoms with Crippen molar-refractivity contribution in [3.63, 3.8) is 0 Å². The van der Waals surface area contributed by atoms with E-state index >= 15 is 0 Å². The Labute approximate surface area is 92.7 Å². The molecule has 84 valence electrons. The number of nitrogens with zero attached hydrogens (tertiary/aromatic N) is 2. The summed E-state index contributed by atoms with van der Waals surface area (Å²) < 4.78 is 4.28. The van der Waals surface area contributed by atoms with Gasteiger partial charge in [-0.1, -0.05) is 6.07 Å². The molecule has 0 radical (unpaired) electrons. The molecule has 0 fully saturated rings. The third-order valence-corrected chi connectivity index (χ3v) is 1.62. The summed E-state index contributed by atoms with van der Waals surface area (Å²) in [5.41, 5.74) is -3.01. The third-order valence-electron chi connectivity index (χ3n) is 1.55. The fourth-order valence-corrected chi connectivity index (χ4v) is 1.09. The van der Waals surface area contributed by atoms with Gasteiger partial charge < -0.3 is 4.74 Å². The molecule has 0 atom stereocenters. The van der Waals surface area contributed by atoms with Crippen molar-refractivity contribution < 1.29 is 19.4 Å². The number of rotatable bonds is 3. The molecule has 0 N–H and O–H groups in total. The predicted octanol–water partition coefficient (Wildman–Crippen LogP) is 2.24. The third kappa shape index (κ3) is 2.42. The molecule has 9 heteroatoms. The summed E-state index contributed by atoms with van der Waals surface area (Å²) in [5, 5.41) is 21.1. The molecule has 0 unspecified atom stereocenters. The summed E-state index contributed by atoms with van der Waals surface area (Å²) in [4.78, 5) is 29.5. The molecule has 0 aromatic heterocycles. The van der Waals surface area contributed by atoms with Crippen molar-refractivity contribution in [1.29, 1.82) is 0 Å². The first-order chi connectivity index (χ1) is 7.43. The van der Waals surface area contributed by atoms with Crippen LogP contribution in [0.4, 0.5) is 16.2 Å². The number of halogens is 1. The van der Waals surface area contributed by atoms with E-state index in [2.05, 4.69) is 4.74 Å². The van der Waals surface area contributed by atoms with Crippen molar-refractivity contribution in [2.24, 2.45) is 0 Å². The lowest BCUT2D eigenvalue weighted by atomic mass is 10.2. The van der Waals surface area contributed by atoms with Crippen LogP contribution in [-0.4, -0.2) is 15.3 Å². The van der Waals surface area contributed by atoms with Gasteiger partial charge in [0, 0.05) is 17.7 Å². The van der Waals surface area contributed by atoms with E-state index in [1.54, 1.807) is 0 Å². The number of nitro groups is 2. The lowest BCUT2D eigenvalue weighted by Gasteiger charge is -2.01. The minimum Gasteiger partial charge on any atom is -0.407 e. The van der Waals surface area contributed by atoms with Crippen LogP contribution in [0.5, 0.6) is 5.75 Å². The topological polar surface area (TPSA) is 113 Å². The number of carbonyl (C=O) groups is 1. The molecule has 0 saturated carbocycles. The van der Waals surface area contributed by atoms with Crippen LogP contribution < -0.4 is 4.74 Å². The predicted molar refractivity (Wildman–Crippen MR) is 51.6 cm³/mol. The molecule has 0 saturated heterocycles. The Kier molecular flexibility index (Phi) is 3.36. The highest BCUT2D eigenvalue weighted by Crippen LogP contribution is 2.36. The van der Waals surface area contributed by atoms with Gasteiger partial charge in [-0.3, -0.25) is 20.2 Å². The van der Waals surface area contributed by atoms with Crippen LogP contribution in [0, 0.1) is 20.2 Å². The van der Waals surface area contributed by atoms with Crippen LogP contribution in [0.15, 0.2) is 18.2 Å². The van der Waals surface area contributed by atoms with Crippen LogP contribution in [0.25, 0.3) is 0 Å². The van der Waals surface area contributed by atoms with Gasteiger partial charge >= 0.3 is 16.8 Å². The number of hydrogen-bond acceptors (Lipinski definition) is 6. The first-order valence-electron chi connectivity index (χ1n) is 3.72. The highest BCUT2D eigenvalue weighted by molar-refractivity contribution is 6.61. The molecule has 0 amide bonds. The average molecular weight is 247 g/mol. The zero-order valence-electron chi connectivity index (χ0n) is 7.45. The summed E-state index contributed by atoms with van der Waals surface area (Å²) >= 11 is 4.87. The van der Waals surface area contributed by atoms with Gasteiger partial charge in [-0.05, 0) is 6.07 Å². The molecule has 0 bridgehead atoms. The molecule has 16 heavy (non-hydrogen) atoms. The summed E-state index contributed by atoms with van der Waals surface area (Å²) in [5.74, 6) is -0.570. The summed E-state index contributed by atoms with van der Waals surface area (Å²) in [6.07, 6.45) is 0. The van der Waals surface area contributed by atoms with Gasteiger partial charge in [-0.25, -0.2) is 4.79 Å². The van der Waals surface area contributed by atoms with E-state index in [1.807, 2.05) is 0 Å². The van der Waals surface area contributed by atoms with Crippen LogP contribution in [0.2, 0.25) is 0 Å². The molecule has 0 aliphatic carbocycles. The molecule has 8 nitrogen and oxygen atoms in total. The Morgan fingerprint density at radius 1 is 1.25 bits per heavy atom. The Balaban J connectivity index is 3.38. The van der Waals surface area contributed by atoms with E-state index in [1.165, 1.54) is 0 Å². The van der Waals surface area contributed by atoms with E-state index < -0.39 is 32.4 Å². The number of carbonyl (C=O) groups excluding carboxylic acids is 1. The zero-order chi connectivity index (χ0) is 12.3. The van der Waals surface area contributed by atoms with Crippen molar-refractivity contribution in [3.8, 4) is 5.75 Å². The second-order valence-electron chi connectivity index (χ2n) is 2.48. The smallest absolute Gasteiger partial charge is 0.407 e. The van der Waals surface area contributed by atoms with Gasteiger partial charge in [0.05, 0.1) is 9.85 Å². The van der Waals surface area contributed by atoms with Gasteiger partial charge in [0.25, 0.3) is 0 Å². The molecule has 0 heterocycles. The summed E-state index contributed by atoms with van der Waals surface area (Å²) in [7, 11) is 0. The second kappa shape index (κ2) is 4.53. The quantitative estimate of drug-likeness (QED) is 0.459. The van der Waals surface area contributed by atoms with E-state index in [-0.39, 0.29) is 0 Å². The number of para-hydroxylation sites is 1. The Bertz CT molecular complexity index is 474. The van der Waals surface area contributed by atoms with Crippen LogP contribution in [0.1, 0.15) is 0 Å². The van der Waals surface area contributed by atoms with E-state index in [9.17, 15) is 25.0 Å². The molecule has 1 aromatic carbocycles. The highest BCUT2D eigenvalue weighted by Gasteiger charge is 2.30. The van der Waals surface area contributed by atoms with Gasteiger partial charge in [0.2, 0.25) is 5.75 Å². The lowest BCUT2D eigenvalue weighted by molar-refractivity contribution is -0.422. The monoisotopic (exact) mass is 246 g/mol. The average Bonchev–Trinajstić information content (AvgIpc) is 2.15. The Hall–Kier alpha value is -2.22. The van der Waals surface area contributed by atoms with Crippen molar-refractivity contribution in [2.45, 2.75) is 0 Å². The molecule has 0 aliphatic heterocycles. The molecular weight excluding hydrogens is 244 g/mol. The SMILES string of the molecule is O=C(Cl)Oc1cccc([N+](=O)[O-])c1[N+](=O)[O-]. The number of nitro benzene ring substituents is 2.